The zero-order valence-corrected chi connectivity index (χ0v) is 22.1. The van der Waals surface area contributed by atoms with Crippen molar-refractivity contribution >= 4 is 42.8 Å². The number of rotatable bonds is 16. The summed E-state index contributed by atoms with van der Waals surface area (Å²) < 4.78 is 15.9. The molecule has 0 aromatic carbocycles. The Bertz CT molecular complexity index is 868. The van der Waals surface area contributed by atoms with Crippen LogP contribution in [0.15, 0.2) is 0 Å². The van der Waals surface area contributed by atoms with Gasteiger partial charge in [-0.15, -0.1) is 0 Å². The lowest BCUT2D eigenvalue weighted by Crippen LogP contribution is -2.48. The molecule has 6 atom stereocenters. The van der Waals surface area contributed by atoms with Crippen LogP contribution in [0.3, 0.4) is 0 Å². The molecule has 2 amide bonds. The molecule has 0 bridgehead atoms. The van der Waals surface area contributed by atoms with Crippen LogP contribution in [-0.2, 0) is 37.9 Å². The molecule has 0 aliphatic rings. The fraction of sp³-hybridized carbons (Fsp3) is 0.727. The number of carbonyl (C=O) groups is 6. The predicted octanol–water partition coefficient (Wildman–Crippen LogP) is 0.869. The number of ketones is 4. The average Bonchev–Trinajstić information content (AvgIpc) is 2.69. The molecule has 35 heavy (non-hydrogen) atoms. The van der Waals surface area contributed by atoms with E-state index < -0.39 is 73.6 Å². The van der Waals surface area contributed by atoms with E-state index in [1.165, 1.54) is 41.5 Å². The maximum atomic E-state index is 12.9. The molecule has 0 rings (SSSR count). The first-order chi connectivity index (χ1) is 15.8. The number of hydrogen-bond donors (Lipinski definition) is 4. The molecule has 13 heteroatoms. The van der Waals surface area contributed by atoms with Crippen LogP contribution in [0, 0.1) is 17.8 Å². The van der Waals surface area contributed by atoms with Crippen LogP contribution < -0.4 is 10.6 Å². The fourth-order valence-corrected chi connectivity index (χ4v) is 3.72. The topological polar surface area (TPSA) is 193 Å². The van der Waals surface area contributed by atoms with E-state index in [0.29, 0.717) is 0 Å². The molecule has 0 fully saturated rings. The van der Waals surface area contributed by atoms with Crippen LogP contribution in [-0.4, -0.2) is 62.9 Å². The first-order valence-corrected chi connectivity index (χ1v) is 12.8. The van der Waals surface area contributed by atoms with Crippen LogP contribution in [0.4, 0.5) is 0 Å². The number of amides is 2. The van der Waals surface area contributed by atoms with Gasteiger partial charge in [0.05, 0.1) is 24.1 Å². The van der Waals surface area contributed by atoms with E-state index in [2.05, 4.69) is 15.2 Å². The highest BCUT2D eigenvalue weighted by molar-refractivity contribution is 7.46. The van der Waals surface area contributed by atoms with Crippen LogP contribution in [0.25, 0.3) is 0 Å². The highest BCUT2D eigenvalue weighted by atomic mass is 31.2. The van der Waals surface area contributed by atoms with E-state index in [-0.39, 0.29) is 24.4 Å². The third-order valence-corrected chi connectivity index (χ3v) is 6.16. The molecule has 0 saturated heterocycles. The summed E-state index contributed by atoms with van der Waals surface area (Å²) in [5.41, 5.74) is 0. The summed E-state index contributed by atoms with van der Waals surface area (Å²) in [6.07, 6.45) is -2.10. The molecule has 0 aromatic rings. The van der Waals surface area contributed by atoms with Crippen molar-refractivity contribution in [3.63, 3.8) is 0 Å². The van der Waals surface area contributed by atoms with Crippen molar-refractivity contribution in [3.05, 3.63) is 0 Å². The van der Waals surface area contributed by atoms with Gasteiger partial charge in [0, 0.05) is 31.1 Å². The Labute approximate surface area is 205 Å². The summed E-state index contributed by atoms with van der Waals surface area (Å²) in [6.45, 7) is 9.71. The Morgan fingerprint density at radius 1 is 0.743 bits per heavy atom. The number of Topliss-reactive ketones (excluding diaryl/α,β-unsaturated/α-hetero) is 4. The zero-order chi connectivity index (χ0) is 27.7. The predicted molar refractivity (Wildman–Crippen MR) is 125 cm³/mol. The lowest BCUT2D eigenvalue weighted by atomic mass is 9.92. The monoisotopic (exact) mass is 520 g/mol. The van der Waals surface area contributed by atoms with Crippen molar-refractivity contribution in [2.75, 3.05) is 0 Å². The Morgan fingerprint density at radius 2 is 1.20 bits per heavy atom. The van der Waals surface area contributed by atoms with Gasteiger partial charge in [-0.2, -0.15) is 0 Å². The second kappa shape index (κ2) is 14.3. The second-order valence-corrected chi connectivity index (χ2v) is 10.2. The number of phosphoric acid groups is 1. The highest BCUT2D eigenvalue weighted by Gasteiger charge is 2.35. The lowest BCUT2D eigenvalue weighted by Gasteiger charge is -2.26. The van der Waals surface area contributed by atoms with Crippen LogP contribution in [0.1, 0.15) is 67.7 Å². The summed E-state index contributed by atoms with van der Waals surface area (Å²) in [7, 11) is -5.01. The third-order valence-electron chi connectivity index (χ3n) is 5.55. The van der Waals surface area contributed by atoms with Gasteiger partial charge < -0.3 is 25.2 Å². The van der Waals surface area contributed by atoms with E-state index in [4.69, 9.17) is 9.79 Å². The molecule has 0 saturated carbocycles. The summed E-state index contributed by atoms with van der Waals surface area (Å²) >= 11 is 0. The summed E-state index contributed by atoms with van der Waals surface area (Å²) in [5.74, 6) is -5.49. The molecule has 12 nitrogen and oxygen atoms in total. The van der Waals surface area contributed by atoms with E-state index >= 15 is 0 Å². The molecule has 0 heterocycles. The highest BCUT2D eigenvalue weighted by Crippen LogP contribution is 2.39. The largest absolute Gasteiger partial charge is 0.469 e. The Hall–Kier alpha value is -2.27. The first kappa shape index (κ1) is 32.7. The van der Waals surface area contributed by atoms with Gasteiger partial charge in [-0.25, -0.2) is 4.57 Å². The molecule has 0 spiro atoms. The van der Waals surface area contributed by atoms with Crippen molar-refractivity contribution < 1.29 is 47.6 Å². The Balaban J connectivity index is 5.47. The molecule has 0 radical (unpaired) electrons. The van der Waals surface area contributed by atoms with Gasteiger partial charge in [0.1, 0.15) is 11.6 Å². The fourth-order valence-electron chi connectivity index (χ4n) is 3.14. The Kier molecular flexibility index (Phi) is 13.4. The minimum absolute atomic E-state index is 0.0148. The molecule has 0 aliphatic carbocycles. The molecule has 0 aliphatic heterocycles. The minimum Gasteiger partial charge on any atom is -0.346 e. The van der Waals surface area contributed by atoms with Crippen LogP contribution in [0.5, 0.6) is 0 Å². The smallest absolute Gasteiger partial charge is 0.346 e. The number of carbonyl (C=O) groups excluding carboxylic acids is 6. The maximum Gasteiger partial charge on any atom is 0.469 e. The van der Waals surface area contributed by atoms with Crippen LogP contribution in [0.2, 0.25) is 0 Å². The van der Waals surface area contributed by atoms with Gasteiger partial charge in [-0.05, 0) is 34.6 Å². The molecule has 0 unspecified atom stereocenters. The van der Waals surface area contributed by atoms with Crippen molar-refractivity contribution in [2.45, 2.75) is 85.9 Å². The minimum atomic E-state index is -5.01. The van der Waals surface area contributed by atoms with Gasteiger partial charge in [0.25, 0.3) is 0 Å². The van der Waals surface area contributed by atoms with Crippen molar-refractivity contribution in [2.24, 2.45) is 17.8 Å². The van der Waals surface area contributed by atoms with Gasteiger partial charge in [0.15, 0.2) is 11.6 Å². The zero-order valence-electron chi connectivity index (χ0n) is 21.2. The van der Waals surface area contributed by atoms with E-state index in [0.717, 1.165) is 0 Å². The third kappa shape index (κ3) is 12.8. The number of nitrogens with one attached hydrogen (secondary N) is 2. The Morgan fingerprint density at radius 3 is 1.63 bits per heavy atom. The second-order valence-electron chi connectivity index (χ2n) is 9.03. The van der Waals surface area contributed by atoms with Gasteiger partial charge >= 0.3 is 7.82 Å². The van der Waals surface area contributed by atoms with Crippen molar-refractivity contribution in [3.8, 4) is 0 Å². The molecule has 0 aromatic heterocycles. The molecular formula is C22H37N2O10P. The van der Waals surface area contributed by atoms with Gasteiger partial charge in [-0.1, -0.05) is 13.8 Å². The first-order valence-electron chi connectivity index (χ1n) is 11.3. The van der Waals surface area contributed by atoms with Crippen molar-refractivity contribution in [1.82, 2.24) is 10.6 Å². The van der Waals surface area contributed by atoms with E-state index in [1.807, 2.05) is 0 Å². The van der Waals surface area contributed by atoms with E-state index in [1.54, 1.807) is 6.92 Å². The van der Waals surface area contributed by atoms with E-state index in [9.17, 15) is 33.3 Å². The standard InChI is InChI=1S/C22H37N2O10P/c1-11(16(6)26)9-19(27)14(4)24-22(30)18(17(7)34-35(31,32)33)10-20(28)15(5)23-21(29)12(2)8-13(3)25/h11-12,14-15,17-18H,8-10H2,1-7H3,(H,23,29)(H,24,30)(H2,31,32,33)/t11-,12-,14+,15+,17-,18+/m1/s1. The summed E-state index contributed by atoms with van der Waals surface area (Å²) in [6, 6.07) is -2.10. The van der Waals surface area contributed by atoms with Crippen LogP contribution >= 0.6 is 7.82 Å². The van der Waals surface area contributed by atoms with Gasteiger partial charge in [-0.3, -0.25) is 28.5 Å². The number of hydrogen-bond acceptors (Lipinski definition) is 8. The normalized spacial score (nSPS) is 16.7. The lowest BCUT2D eigenvalue weighted by molar-refractivity contribution is -0.136. The van der Waals surface area contributed by atoms with Crippen molar-refractivity contribution in [1.29, 1.82) is 0 Å². The SMILES string of the molecule is CC(=O)C[C@@H](C)C(=O)N[C@@H](C)C(=O)C[C@H](C(=O)N[C@@H](C)C(=O)C[C@@H](C)C(C)=O)[C@@H](C)OP(=O)(O)O. The molecular weight excluding hydrogens is 483 g/mol. The summed E-state index contributed by atoms with van der Waals surface area (Å²) in [4.78, 5) is 91.0. The average molecular weight is 521 g/mol. The summed E-state index contributed by atoms with van der Waals surface area (Å²) in [5, 5.41) is 4.86. The quantitative estimate of drug-likeness (QED) is 0.212. The number of phosphoric ester groups is 1. The maximum absolute atomic E-state index is 12.9. The molecule has 4 N–H and O–H groups in total. The molecule has 200 valence electrons. The van der Waals surface area contributed by atoms with Gasteiger partial charge in [0.2, 0.25) is 11.8 Å².